The number of para-hydroxylation sites is 1. The van der Waals surface area contributed by atoms with Gasteiger partial charge < -0.3 is 10.5 Å². The van der Waals surface area contributed by atoms with E-state index in [4.69, 9.17) is 15.5 Å². The van der Waals surface area contributed by atoms with Gasteiger partial charge in [-0.3, -0.25) is 9.36 Å². The van der Waals surface area contributed by atoms with E-state index in [1.165, 1.54) is 5.56 Å². The fourth-order valence-electron chi connectivity index (χ4n) is 3.59. The van der Waals surface area contributed by atoms with E-state index < -0.39 is 5.91 Å². The molecule has 30 heavy (non-hydrogen) atoms. The summed E-state index contributed by atoms with van der Waals surface area (Å²) in [6.07, 6.45) is 0. The third-order valence-electron chi connectivity index (χ3n) is 5.03. The van der Waals surface area contributed by atoms with Gasteiger partial charge in [0.2, 0.25) is 5.91 Å². The average Bonchev–Trinajstić information content (AvgIpc) is 3.09. The number of primary amides is 1. The number of aryl methyl sites for hydroxylation is 2. The van der Waals surface area contributed by atoms with Crippen molar-refractivity contribution in [2.75, 3.05) is 7.11 Å². The maximum absolute atomic E-state index is 11.6. The monoisotopic (exact) mass is 417 g/mol. The van der Waals surface area contributed by atoms with Gasteiger partial charge >= 0.3 is 0 Å². The molecule has 1 heterocycles. The molecule has 0 saturated heterocycles. The van der Waals surface area contributed by atoms with Crippen molar-refractivity contribution in [1.82, 2.24) is 9.55 Å². The number of ether oxygens (including phenoxy) is 1. The van der Waals surface area contributed by atoms with Crippen molar-refractivity contribution in [2.24, 2.45) is 5.73 Å². The molecule has 5 nitrogen and oxygen atoms in total. The predicted molar refractivity (Wildman–Crippen MR) is 122 cm³/mol. The van der Waals surface area contributed by atoms with Crippen molar-refractivity contribution in [3.63, 3.8) is 0 Å². The van der Waals surface area contributed by atoms with Gasteiger partial charge in [-0.1, -0.05) is 29.8 Å². The second kappa shape index (κ2) is 8.24. The molecule has 0 radical (unpaired) electrons. The van der Waals surface area contributed by atoms with Crippen molar-refractivity contribution in [3.8, 4) is 11.4 Å². The van der Waals surface area contributed by atoms with Crippen LogP contribution in [0.25, 0.3) is 16.7 Å². The molecule has 0 aliphatic rings. The van der Waals surface area contributed by atoms with Crippen LogP contribution in [0.15, 0.2) is 65.6 Å². The number of aromatic nitrogens is 2. The van der Waals surface area contributed by atoms with Gasteiger partial charge in [0.15, 0.2) is 0 Å². The average molecular weight is 418 g/mol. The zero-order valence-electron chi connectivity index (χ0n) is 17.2. The van der Waals surface area contributed by atoms with Gasteiger partial charge in [-0.25, -0.2) is 4.98 Å². The van der Waals surface area contributed by atoms with Crippen molar-refractivity contribution < 1.29 is 9.53 Å². The van der Waals surface area contributed by atoms with E-state index in [9.17, 15) is 4.79 Å². The molecule has 1 amide bonds. The van der Waals surface area contributed by atoms with E-state index in [-0.39, 0.29) is 0 Å². The Balaban J connectivity index is 1.83. The highest BCUT2D eigenvalue weighted by Gasteiger charge is 2.16. The van der Waals surface area contributed by atoms with Crippen LogP contribution in [0.5, 0.6) is 5.75 Å². The molecule has 0 unspecified atom stereocenters. The number of amides is 1. The molecule has 4 aromatic rings. The predicted octanol–water partition coefficient (Wildman–Crippen LogP) is 5.04. The molecule has 0 atom stereocenters. The molecule has 0 fully saturated rings. The molecule has 0 aliphatic carbocycles. The molecular weight excluding hydrogens is 394 g/mol. The molecule has 0 saturated carbocycles. The Kier molecular flexibility index (Phi) is 5.50. The number of hydrogen-bond donors (Lipinski definition) is 1. The van der Waals surface area contributed by atoms with Gasteiger partial charge in [0.05, 0.1) is 29.6 Å². The molecule has 6 heteroatoms. The Hall–Kier alpha value is -3.25. The van der Waals surface area contributed by atoms with E-state index in [0.29, 0.717) is 11.3 Å². The van der Waals surface area contributed by atoms with Crippen LogP contribution in [-0.4, -0.2) is 22.6 Å². The van der Waals surface area contributed by atoms with E-state index >= 15 is 0 Å². The summed E-state index contributed by atoms with van der Waals surface area (Å²) in [4.78, 5) is 17.6. The normalized spacial score (nSPS) is 11.0. The van der Waals surface area contributed by atoms with Crippen LogP contribution < -0.4 is 10.5 Å². The van der Waals surface area contributed by atoms with E-state index in [1.54, 1.807) is 31.0 Å². The lowest BCUT2D eigenvalue weighted by atomic mass is 10.1. The number of hydrogen-bond acceptors (Lipinski definition) is 4. The minimum absolute atomic E-state index is 0.455. The first kappa shape index (κ1) is 20.0. The third kappa shape index (κ3) is 3.78. The lowest BCUT2D eigenvalue weighted by Gasteiger charge is -2.13. The second-order valence-electron chi connectivity index (χ2n) is 7.16. The first-order chi connectivity index (χ1) is 14.5. The number of carbonyl (C=O) groups is 1. The highest BCUT2D eigenvalue weighted by Crippen LogP contribution is 2.33. The third-order valence-corrected chi connectivity index (χ3v) is 6.08. The molecule has 4 rings (SSSR count). The van der Waals surface area contributed by atoms with Gasteiger partial charge in [-0.05, 0) is 55.8 Å². The lowest BCUT2D eigenvalue weighted by Crippen LogP contribution is -2.10. The van der Waals surface area contributed by atoms with Crippen LogP contribution >= 0.6 is 11.8 Å². The second-order valence-corrected chi connectivity index (χ2v) is 8.18. The molecule has 3 aromatic carbocycles. The Morgan fingerprint density at radius 2 is 1.90 bits per heavy atom. The topological polar surface area (TPSA) is 70.1 Å². The Morgan fingerprint density at radius 3 is 2.63 bits per heavy atom. The summed E-state index contributed by atoms with van der Waals surface area (Å²) >= 11 is 1.67. The summed E-state index contributed by atoms with van der Waals surface area (Å²) in [6.45, 7) is 4.18. The van der Waals surface area contributed by atoms with Crippen molar-refractivity contribution in [2.45, 2.75) is 24.5 Å². The fraction of sp³-hybridized carbons (Fsp3) is 0.167. The SMILES string of the molecule is COc1ccccc1SCc1nc2cc(C(N)=O)ccc2n1-c1ccc(C)cc1C. The molecule has 1 aromatic heterocycles. The summed E-state index contributed by atoms with van der Waals surface area (Å²) in [7, 11) is 1.68. The zero-order chi connectivity index (χ0) is 21.3. The maximum atomic E-state index is 11.6. The Bertz CT molecular complexity index is 1250. The maximum Gasteiger partial charge on any atom is 0.248 e. The van der Waals surface area contributed by atoms with E-state index in [1.807, 2.05) is 30.3 Å². The smallest absolute Gasteiger partial charge is 0.248 e. The van der Waals surface area contributed by atoms with Gasteiger partial charge in [0, 0.05) is 10.5 Å². The molecule has 0 spiro atoms. The number of methoxy groups -OCH3 is 1. The van der Waals surface area contributed by atoms with Gasteiger partial charge in [0.25, 0.3) is 0 Å². The largest absolute Gasteiger partial charge is 0.496 e. The van der Waals surface area contributed by atoms with Crippen molar-refractivity contribution in [3.05, 3.63) is 83.2 Å². The van der Waals surface area contributed by atoms with Crippen molar-refractivity contribution in [1.29, 1.82) is 0 Å². The number of rotatable bonds is 6. The minimum atomic E-state index is -0.456. The van der Waals surface area contributed by atoms with E-state index in [2.05, 4.69) is 36.6 Å². The van der Waals surface area contributed by atoms with E-state index in [0.717, 1.165) is 38.8 Å². The number of thioether (sulfide) groups is 1. The Labute approximate surface area is 179 Å². The summed E-state index contributed by atoms with van der Waals surface area (Å²) in [5.74, 6) is 1.93. The van der Waals surface area contributed by atoms with Crippen LogP contribution in [0.3, 0.4) is 0 Å². The number of carbonyl (C=O) groups excluding carboxylic acids is 1. The minimum Gasteiger partial charge on any atom is -0.496 e. The molecule has 152 valence electrons. The summed E-state index contributed by atoms with van der Waals surface area (Å²) in [5.41, 5.74) is 11.1. The van der Waals surface area contributed by atoms with Gasteiger partial charge in [-0.2, -0.15) is 0 Å². The van der Waals surface area contributed by atoms with Crippen LogP contribution in [-0.2, 0) is 5.75 Å². The molecular formula is C24H23N3O2S. The Morgan fingerprint density at radius 1 is 1.10 bits per heavy atom. The quantitative estimate of drug-likeness (QED) is 0.446. The van der Waals surface area contributed by atoms with Crippen LogP contribution in [0.4, 0.5) is 0 Å². The number of fused-ring (bicyclic) bond motifs is 1. The highest BCUT2D eigenvalue weighted by atomic mass is 32.2. The van der Waals surface area contributed by atoms with Crippen molar-refractivity contribution >= 4 is 28.7 Å². The number of nitrogens with two attached hydrogens (primary N) is 1. The molecule has 0 aliphatic heterocycles. The summed E-state index contributed by atoms with van der Waals surface area (Å²) in [6, 6.07) is 19.8. The van der Waals surface area contributed by atoms with Crippen LogP contribution in [0, 0.1) is 13.8 Å². The molecule has 2 N–H and O–H groups in total. The molecule has 0 bridgehead atoms. The lowest BCUT2D eigenvalue weighted by molar-refractivity contribution is 0.100. The number of benzene rings is 3. The van der Waals surface area contributed by atoms with Gasteiger partial charge in [-0.15, -0.1) is 11.8 Å². The highest BCUT2D eigenvalue weighted by molar-refractivity contribution is 7.98. The standard InChI is InChI=1S/C24H23N3O2S/c1-15-8-10-19(16(2)12-15)27-20-11-9-17(24(25)28)13-18(20)26-23(27)14-30-22-7-5-4-6-21(22)29-3/h4-13H,14H2,1-3H3,(H2,25,28). The summed E-state index contributed by atoms with van der Waals surface area (Å²) in [5, 5.41) is 0. The first-order valence-electron chi connectivity index (χ1n) is 9.62. The number of nitrogens with zero attached hydrogens (tertiary/aromatic N) is 2. The van der Waals surface area contributed by atoms with Crippen LogP contribution in [0.2, 0.25) is 0 Å². The number of imidazole rings is 1. The van der Waals surface area contributed by atoms with Crippen LogP contribution in [0.1, 0.15) is 27.3 Å². The van der Waals surface area contributed by atoms with Gasteiger partial charge in [0.1, 0.15) is 11.6 Å². The zero-order valence-corrected chi connectivity index (χ0v) is 18.0. The summed E-state index contributed by atoms with van der Waals surface area (Å²) < 4.78 is 7.65. The first-order valence-corrected chi connectivity index (χ1v) is 10.6. The fourth-order valence-corrected chi connectivity index (χ4v) is 4.53.